The van der Waals surface area contributed by atoms with Crippen molar-refractivity contribution in [1.29, 1.82) is 5.26 Å². The molecular weight excluding hydrogens is 405 g/mol. The van der Waals surface area contributed by atoms with Gasteiger partial charge >= 0.3 is 0 Å². The minimum atomic E-state index is -0.434. The molecule has 4 aromatic rings. The zero-order valence-corrected chi connectivity index (χ0v) is 16.9. The number of tetrazole rings is 1. The first-order chi connectivity index (χ1) is 14.5. The summed E-state index contributed by atoms with van der Waals surface area (Å²) in [4.78, 5) is 14.7. The van der Waals surface area contributed by atoms with E-state index in [1.165, 1.54) is 28.3 Å². The zero-order valence-electron chi connectivity index (χ0n) is 16.1. The molecule has 0 radical (unpaired) electrons. The second-order valence-corrected chi connectivity index (χ2v) is 7.48. The minimum Gasteiger partial charge on any atom is -0.309 e. The first-order valence-electron chi connectivity index (χ1n) is 8.97. The summed E-state index contributed by atoms with van der Waals surface area (Å²) in [7, 11) is 0. The van der Waals surface area contributed by atoms with Crippen LogP contribution in [0.15, 0.2) is 41.8 Å². The smallest absolute Gasteiger partial charge is 0.249 e. The molecule has 8 nitrogen and oxygen atoms in total. The molecule has 0 saturated heterocycles. The SMILES string of the molecule is Cc1c(C#N)c(NC(=O)Cn2nnc(-c3cccs3)n2)n(-c2cccc(F)c2)c1C. The summed E-state index contributed by atoms with van der Waals surface area (Å²) < 4.78 is 15.4. The maximum atomic E-state index is 13.8. The highest BCUT2D eigenvalue weighted by Crippen LogP contribution is 2.30. The number of hydrogen-bond donors (Lipinski definition) is 1. The minimum absolute atomic E-state index is 0.185. The number of halogens is 1. The van der Waals surface area contributed by atoms with Crippen LogP contribution in [0.3, 0.4) is 0 Å². The van der Waals surface area contributed by atoms with E-state index in [0.29, 0.717) is 22.6 Å². The Labute approximate surface area is 175 Å². The van der Waals surface area contributed by atoms with Gasteiger partial charge in [0.25, 0.3) is 0 Å². The van der Waals surface area contributed by atoms with Gasteiger partial charge < -0.3 is 5.32 Å². The number of rotatable bonds is 5. The van der Waals surface area contributed by atoms with Gasteiger partial charge in [-0.15, -0.1) is 21.5 Å². The standard InChI is InChI=1S/C20H16FN7OS/c1-12-13(2)28(15-6-3-5-14(21)9-15)20(16(12)10-22)23-18(29)11-27-25-19(24-26-27)17-7-4-8-30-17/h3-9H,11H2,1-2H3,(H,23,29). The van der Waals surface area contributed by atoms with E-state index in [2.05, 4.69) is 26.8 Å². The average Bonchev–Trinajstić information content (AvgIpc) is 3.43. The molecule has 0 saturated carbocycles. The van der Waals surface area contributed by atoms with Crippen LogP contribution in [0.5, 0.6) is 0 Å². The molecule has 1 aromatic carbocycles. The number of anilines is 1. The predicted octanol–water partition coefficient (Wildman–Crippen LogP) is 3.46. The Morgan fingerprint density at radius 2 is 2.13 bits per heavy atom. The molecule has 0 unspecified atom stereocenters. The Morgan fingerprint density at radius 3 is 2.83 bits per heavy atom. The Kier molecular flexibility index (Phi) is 5.12. The van der Waals surface area contributed by atoms with Crippen molar-refractivity contribution < 1.29 is 9.18 Å². The van der Waals surface area contributed by atoms with Crippen LogP contribution >= 0.6 is 11.3 Å². The molecule has 10 heteroatoms. The van der Waals surface area contributed by atoms with Gasteiger partial charge in [0.1, 0.15) is 24.2 Å². The molecular formula is C20H16FN7OS. The molecule has 4 rings (SSSR count). The monoisotopic (exact) mass is 421 g/mol. The molecule has 3 heterocycles. The van der Waals surface area contributed by atoms with Gasteiger partial charge in [0.15, 0.2) is 0 Å². The number of nitrogens with zero attached hydrogens (tertiary/aromatic N) is 6. The van der Waals surface area contributed by atoms with Crippen LogP contribution in [0, 0.1) is 31.0 Å². The summed E-state index contributed by atoms with van der Waals surface area (Å²) in [5.41, 5.74) is 2.25. The van der Waals surface area contributed by atoms with E-state index in [0.717, 1.165) is 10.6 Å². The third-order valence-corrected chi connectivity index (χ3v) is 5.49. The highest BCUT2D eigenvalue weighted by molar-refractivity contribution is 7.13. The van der Waals surface area contributed by atoms with Crippen LogP contribution in [-0.2, 0) is 11.3 Å². The van der Waals surface area contributed by atoms with Crippen molar-refractivity contribution in [3.05, 3.63) is 64.4 Å². The Balaban J connectivity index is 1.63. The van der Waals surface area contributed by atoms with Crippen molar-refractivity contribution in [3.8, 4) is 22.5 Å². The molecule has 0 fully saturated rings. The van der Waals surface area contributed by atoms with Gasteiger partial charge in [-0.05, 0) is 54.3 Å². The molecule has 0 bridgehead atoms. The number of thiophene rings is 1. The molecule has 0 aliphatic heterocycles. The summed E-state index contributed by atoms with van der Waals surface area (Å²) in [6.07, 6.45) is 0. The second-order valence-electron chi connectivity index (χ2n) is 6.53. The molecule has 0 aliphatic rings. The number of carbonyl (C=O) groups excluding carboxylic acids is 1. The van der Waals surface area contributed by atoms with Crippen LogP contribution in [0.4, 0.5) is 10.2 Å². The summed E-state index contributed by atoms with van der Waals surface area (Å²) in [6.45, 7) is 3.41. The van der Waals surface area contributed by atoms with E-state index in [9.17, 15) is 14.4 Å². The molecule has 0 atom stereocenters. The van der Waals surface area contributed by atoms with Gasteiger partial charge in [0.2, 0.25) is 11.7 Å². The largest absolute Gasteiger partial charge is 0.309 e. The lowest BCUT2D eigenvalue weighted by Crippen LogP contribution is -2.22. The molecule has 0 aliphatic carbocycles. The number of carbonyl (C=O) groups is 1. The van der Waals surface area contributed by atoms with Gasteiger partial charge in [0, 0.05) is 5.69 Å². The Bertz CT molecular complexity index is 1270. The topological polar surface area (TPSA) is 101 Å². The maximum absolute atomic E-state index is 13.8. The van der Waals surface area contributed by atoms with Crippen LogP contribution in [0.2, 0.25) is 0 Å². The molecule has 1 N–H and O–H groups in total. The fourth-order valence-electron chi connectivity index (χ4n) is 3.11. The Morgan fingerprint density at radius 1 is 1.30 bits per heavy atom. The molecule has 30 heavy (non-hydrogen) atoms. The first-order valence-corrected chi connectivity index (χ1v) is 9.85. The summed E-state index contributed by atoms with van der Waals surface area (Å²) in [5, 5.41) is 26.4. The highest BCUT2D eigenvalue weighted by Gasteiger charge is 2.21. The molecule has 150 valence electrons. The van der Waals surface area contributed by atoms with Crippen LogP contribution < -0.4 is 5.32 Å². The number of nitriles is 1. The van der Waals surface area contributed by atoms with Gasteiger partial charge in [-0.1, -0.05) is 12.1 Å². The average molecular weight is 421 g/mol. The van der Waals surface area contributed by atoms with E-state index in [1.807, 2.05) is 24.4 Å². The van der Waals surface area contributed by atoms with E-state index in [1.54, 1.807) is 23.6 Å². The lowest BCUT2D eigenvalue weighted by atomic mass is 10.2. The van der Waals surface area contributed by atoms with E-state index in [4.69, 9.17) is 0 Å². The normalized spacial score (nSPS) is 10.7. The summed E-state index contributed by atoms with van der Waals surface area (Å²) in [6, 6.07) is 11.8. The van der Waals surface area contributed by atoms with Crippen molar-refractivity contribution in [2.45, 2.75) is 20.4 Å². The van der Waals surface area contributed by atoms with Crippen LogP contribution in [0.1, 0.15) is 16.8 Å². The number of benzene rings is 1. The van der Waals surface area contributed by atoms with Crippen molar-refractivity contribution in [1.82, 2.24) is 24.8 Å². The lowest BCUT2D eigenvalue weighted by molar-refractivity contribution is -0.117. The van der Waals surface area contributed by atoms with Gasteiger partial charge in [0.05, 0.1) is 16.1 Å². The fraction of sp³-hybridized carbons (Fsp3) is 0.150. The number of amides is 1. The maximum Gasteiger partial charge on any atom is 0.249 e. The first kappa shape index (κ1) is 19.5. The zero-order chi connectivity index (χ0) is 21.3. The van der Waals surface area contributed by atoms with Crippen molar-refractivity contribution in [2.24, 2.45) is 0 Å². The lowest BCUT2D eigenvalue weighted by Gasteiger charge is -2.13. The van der Waals surface area contributed by atoms with Crippen LogP contribution in [-0.4, -0.2) is 30.7 Å². The van der Waals surface area contributed by atoms with Gasteiger partial charge in [-0.25, -0.2) is 4.39 Å². The number of nitrogens with one attached hydrogen (secondary N) is 1. The van der Waals surface area contributed by atoms with E-state index >= 15 is 0 Å². The second kappa shape index (κ2) is 7.88. The molecule has 1 amide bonds. The summed E-state index contributed by atoms with van der Waals surface area (Å²) in [5.74, 6) is -0.134. The van der Waals surface area contributed by atoms with Gasteiger partial charge in [-0.3, -0.25) is 9.36 Å². The van der Waals surface area contributed by atoms with E-state index < -0.39 is 11.7 Å². The number of aromatic nitrogens is 5. The quantitative estimate of drug-likeness (QED) is 0.532. The highest BCUT2D eigenvalue weighted by atomic mass is 32.1. The van der Waals surface area contributed by atoms with Crippen molar-refractivity contribution in [2.75, 3.05) is 5.32 Å². The summed E-state index contributed by atoms with van der Waals surface area (Å²) >= 11 is 1.47. The fourth-order valence-corrected chi connectivity index (χ4v) is 3.76. The van der Waals surface area contributed by atoms with Crippen molar-refractivity contribution in [3.63, 3.8) is 0 Å². The molecule has 0 spiro atoms. The third-order valence-electron chi connectivity index (χ3n) is 4.63. The van der Waals surface area contributed by atoms with E-state index in [-0.39, 0.29) is 12.4 Å². The van der Waals surface area contributed by atoms with Crippen LogP contribution in [0.25, 0.3) is 16.4 Å². The Hall–Kier alpha value is -3.84. The van der Waals surface area contributed by atoms with Crippen molar-refractivity contribution >= 4 is 23.1 Å². The number of hydrogen-bond acceptors (Lipinski definition) is 6. The third kappa shape index (κ3) is 3.58. The molecule has 3 aromatic heterocycles. The predicted molar refractivity (Wildman–Crippen MR) is 110 cm³/mol. The van der Waals surface area contributed by atoms with Gasteiger partial charge in [-0.2, -0.15) is 10.1 Å².